The molecule has 1 aliphatic heterocycles. The van der Waals surface area contributed by atoms with Crippen LogP contribution in [0.2, 0.25) is 0 Å². The molecule has 1 saturated heterocycles. The molecule has 0 saturated carbocycles. The van der Waals surface area contributed by atoms with Gasteiger partial charge in [0.2, 0.25) is 0 Å². The van der Waals surface area contributed by atoms with E-state index in [0.717, 1.165) is 60.7 Å². The maximum atomic E-state index is 13.2. The van der Waals surface area contributed by atoms with Crippen molar-refractivity contribution < 1.29 is 9.53 Å². The predicted octanol–water partition coefficient (Wildman–Crippen LogP) is 5.80. The summed E-state index contributed by atoms with van der Waals surface area (Å²) in [7, 11) is 0. The smallest absolute Gasteiger partial charge is 0.324 e. The van der Waals surface area contributed by atoms with Crippen LogP contribution in [0.1, 0.15) is 32.0 Å². The van der Waals surface area contributed by atoms with Gasteiger partial charge in [0.05, 0.1) is 30.3 Å². The minimum absolute atomic E-state index is 0.153. The van der Waals surface area contributed by atoms with E-state index in [9.17, 15) is 4.79 Å². The van der Waals surface area contributed by atoms with Gasteiger partial charge in [-0.15, -0.1) is 0 Å². The Labute approximate surface area is 212 Å². The van der Waals surface area contributed by atoms with Gasteiger partial charge in [-0.2, -0.15) is 5.10 Å². The third-order valence-electron chi connectivity index (χ3n) is 6.48. The lowest BCUT2D eigenvalue weighted by Crippen LogP contribution is -2.35. The quantitative estimate of drug-likeness (QED) is 0.376. The van der Waals surface area contributed by atoms with Crippen LogP contribution >= 0.6 is 0 Å². The Morgan fingerprint density at radius 2 is 1.61 bits per heavy atom. The number of anilines is 2. The molecule has 0 unspecified atom stereocenters. The van der Waals surface area contributed by atoms with E-state index in [1.807, 2.05) is 54.6 Å². The number of amides is 2. The molecule has 0 aliphatic carbocycles. The number of morpholine rings is 1. The summed E-state index contributed by atoms with van der Waals surface area (Å²) in [5.74, 6) is 0.622. The maximum Gasteiger partial charge on any atom is 0.324 e. The van der Waals surface area contributed by atoms with E-state index in [1.165, 1.54) is 5.56 Å². The van der Waals surface area contributed by atoms with Crippen LogP contribution in [0, 0.1) is 0 Å². The molecule has 0 atom stereocenters. The van der Waals surface area contributed by atoms with Crippen molar-refractivity contribution in [2.24, 2.45) is 0 Å². The van der Waals surface area contributed by atoms with Crippen molar-refractivity contribution >= 4 is 28.3 Å². The van der Waals surface area contributed by atoms with E-state index < -0.39 is 0 Å². The number of ether oxygens (including phenoxy) is 1. The molecule has 7 nitrogen and oxygen atoms in total. The molecule has 0 spiro atoms. The molecule has 2 N–H and O–H groups in total. The molecule has 2 amide bonds. The zero-order chi connectivity index (χ0) is 25.1. The zero-order valence-corrected chi connectivity index (χ0v) is 21.1. The van der Waals surface area contributed by atoms with Gasteiger partial charge in [0.1, 0.15) is 5.82 Å². The lowest BCUT2D eigenvalue weighted by Gasteiger charge is -2.27. The van der Waals surface area contributed by atoms with Crippen molar-refractivity contribution in [1.82, 2.24) is 14.7 Å². The van der Waals surface area contributed by atoms with E-state index in [2.05, 4.69) is 54.5 Å². The van der Waals surface area contributed by atoms with Gasteiger partial charge in [0.25, 0.3) is 0 Å². The first-order chi connectivity index (χ1) is 17.4. The summed E-state index contributed by atoms with van der Waals surface area (Å²) in [6, 6.07) is 23.8. The third-order valence-corrected chi connectivity index (χ3v) is 6.48. The van der Waals surface area contributed by atoms with E-state index in [-0.39, 0.29) is 11.4 Å². The van der Waals surface area contributed by atoms with E-state index >= 15 is 0 Å². The Kier molecular flexibility index (Phi) is 6.76. The van der Waals surface area contributed by atoms with Crippen LogP contribution in [0.5, 0.6) is 0 Å². The molecule has 0 radical (unpaired) electrons. The molecule has 4 aromatic rings. The highest BCUT2D eigenvalue weighted by Crippen LogP contribution is 2.29. The Bertz CT molecular complexity index is 1350. The first-order valence-electron chi connectivity index (χ1n) is 12.4. The molecule has 186 valence electrons. The lowest BCUT2D eigenvalue weighted by molar-refractivity contribution is 0.0344. The van der Waals surface area contributed by atoms with Crippen molar-refractivity contribution in [2.75, 3.05) is 36.9 Å². The van der Waals surface area contributed by atoms with Gasteiger partial charge >= 0.3 is 6.03 Å². The first kappa shape index (κ1) is 24.0. The van der Waals surface area contributed by atoms with Gasteiger partial charge in [-0.1, -0.05) is 69.3 Å². The molecule has 1 aliphatic rings. The predicted molar refractivity (Wildman–Crippen MR) is 145 cm³/mol. The highest BCUT2D eigenvalue weighted by molar-refractivity contribution is 6.06. The summed E-state index contributed by atoms with van der Waals surface area (Å²) < 4.78 is 7.27. The highest BCUT2D eigenvalue weighted by Gasteiger charge is 2.22. The molecule has 3 aromatic carbocycles. The zero-order valence-electron chi connectivity index (χ0n) is 21.1. The molecule has 0 bridgehead atoms. The van der Waals surface area contributed by atoms with Crippen molar-refractivity contribution in [3.8, 4) is 5.69 Å². The van der Waals surface area contributed by atoms with Crippen LogP contribution in [0.4, 0.5) is 16.3 Å². The number of nitrogens with zero attached hydrogens (tertiary/aromatic N) is 3. The summed E-state index contributed by atoms with van der Waals surface area (Å²) in [6.07, 6.45) is 0. The summed E-state index contributed by atoms with van der Waals surface area (Å²) in [6.45, 7) is 10.6. The van der Waals surface area contributed by atoms with Gasteiger partial charge in [-0.05, 0) is 29.1 Å². The second-order valence-corrected chi connectivity index (χ2v) is 10.2. The maximum absolute atomic E-state index is 13.2. The van der Waals surface area contributed by atoms with Crippen LogP contribution in [0.25, 0.3) is 16.5 Å². The molecule has 1 fully saturated rings. The van der Waals surface area contributed by atoms with Crippen molar-refractivity contribution in [2.45, 2.75) is 32.7 Å². The molecule has 5 rings (SSSR count). The van der Waals surface area contributed by atoms with Crippen LogP contribution in [-0.2, 0) is 16.7 Å². The molecular formula is C29H33N5O2. The van der Waals surface area contributed by atoms with Crippen LogP contribution < -0.4 is 10.6 Å². The van der Waals surface area contributed by atoms with Crippen molar-refractivity contribution in [1.29, 1.82) is 0 Å². The average Bonchev–Trinajstić information content (AvgIpc) is 3.31. The van der Waals surface area contributed by atoms with Gasteiger partial charge < -0.3 is 10.1 Å². The number of urea groups is 1. The number of carbonyl (C=O) groups excluding carboxylic acids is 1. The molecule has 36 heavy (non-hydrogen) atoms. The Balaban J connectivity index is 1.40. The van der Waals surface area contributed by atoms with Crippen LogP contribution in [-0.4, -0.2) is 47.0 Å². The number of rotatable bonds is 5. The lowest BCUT2D eigenvalue weighted by atomic mass is 9.92. The number of benzene rings is 3. The van der Waals surface area contributed by atoms with Gasteiger partial charge in [0.15, 0.2) is 0 Å². The molecule has 2 heterocycles. The summed E-state index contributed by atoms with van der Waals surface area (Å²) in [5, 5.41) is 13.0. The largest absolute Gasteiger partial charge is 0.379 e. The summed E-state index contributed by atoms with van der Waals surface area (Å²) >= 11 is 0. The summed E-state index contributed by atoms with van der Waals surface area (Å²) in [4.78, 5) is 15.6. The number of fused-ring (bicyclic) bond motifs is 1. The monoisotopic (exact) mass is 483 g/mol. The molecule has 1 aromatic heterocycles. The second kappa shape index (κ2) is 10.1. The topological polar surface area (TPSA) is 71.4 Å². The number of hydrogen-bond donors (Lipinski definition) is 2. The number of hydrogen-bond acceptors (Lipinski definition) is 4. The highest BCUT2D eigenvalue weighted by atomic mass is 16.5. The van der Waals surface area contributed by atoms with E-state index in [1.54, 1.807) is 4.68 Å². The number of carbonyl (C=O) groups is 1. The Morgan fingerprint density at radius 1 is 0.917 bits per heavy atom. The van der Waals surface area contributed by atoms with Crippen LogP contribution in [0.3, 0.4) is 0 Å². The van der Waals surface area contributed by atoms with Gasteiger partial charge in [0, 0.05) is 36.5 Å². The minimum atomic E-state index is -0.307. The van der Waals surface area contributed by atoms with E-state index in [0.29, 0.717) is 5.82 Å². The fraction of sp³-hybridized carbons (Fsp3) is 0.310. The van der Waals surface area contributed by atoms with Gasteiger partial charge in [-0.3, -0.25) is 10.2 Å². The normalized spacial score (nSPS) is 14.6. The van der Waals surface area contributed by atoms with E-state index in [4.69, 9.17) is 9.84 Å². The molecular weight excluding hydrogens is 450 g/mol. The van der Waals surface area contributed by atoms with Crippen molar-refractivity contribution in [3.63, 3.8) is 0 Å². The standard InChI is InChI=1S/C29H33N5O2/c1-29(2,3)26-19-27(34(32-26)22-9-5-4-6-10-22)31-28(35)30-25-14-13-21(20-33-15-17-36-18-16-33)23-11-7-8-12-24(23)25/h4-14,19H,15-18,20H2,1-3H3,(H2,30,31,35). The second-order valence-electron chi connectivity index (χ2n) is 10.2. The van der Waals surface area contributed by atoms with Gasteiger partial charge in [-0.25, -0.2) is 9.48 Å². The fourth-order valence-electron chi connectivity index (χ4n) is 4.48. The summed E-state index contributed by atoms with van der Waals surface area (Å²) in [5.41, 5.74) is 3.66. The Morgan fingerprint density at radius 3 is 2.33 bits per heavy atom. The minimum Gasteiger partial charge on any atom is -0.379 e. The third kappa shape index (κ3) is 5.27. The van der Waals surface area contributed by atoms with Crippen LogP contribution in [0.15, 0.2) is 72.8 Å². The van der Waals surface area contributed by atoms with Crippen molar-refractivity contribution in [3.05, 3.63) is 84.1 Å². The number of para-hydroxylation sites is 1. The Hall–Kier alpha value is -3.68. The average molecular weight is 484 g/mol. The fourth-order valence-corrected chi connectivity index (χ4v) is 4.48. The SMILES string of the molecule is CC(C)(C)c1cc(NC(=O)Nc2ccc(CN3CCOCC3)c3ccccc23)n(-c2ccccc2)n1. The first-order valence-corrected chi connectivity index (χ1v) is 12.4. The number of nitrogens with one attached hydrogen (secondary N) is 2. The number of aromatic nitrogens is 2. The molecule has 7 heteroatoms.